The number of benzene rings is 2. The number of Topliss-reactive ketones (excluding diaryl/α,β-unsaturated/α-hetero) is 1. The maximum Gasteiger partial charge on any atom is 0.321 e. The summed E-state index contributed by atoms with van der Waals surface area (Å²) in [7, 11) is 1.40. The molecule has 0 N–H and O–H groups in total. The number of methoxy groups -OCH3 is 1. The summed E-state index contributed by atoms with van der Waals surface area (Å²) < 4.78 is 7.56. The Morgan fingerprint density at radius 1 is 1.15 bits per heavy atom. The molecule has 3 aromatic rings. The lowest BCUT2D eigenvalue weighted by atomic mass is 9.69. The van der Waals surface area contributed by atoms with Crippen LogP contribution in [0.25, 0.3) is 10.9 Å². The van der Waals surface area contributed by atoms with Gasteiger partial charge in [-0.1, -0.05) is 78.9 Å². The minimum absolute atomic E-state index is 0.0175. The fourth-order valence-electron chi connectivity index (χ4n) is 5.44. The summed E-state index contributed by atoms with van der Waals surface area (Å²) >= 11 is 0. The molecule has 2 aliphatic carbocycles. The van der Waals surface area contributed by atoms with Crippen molar-refractivity contribution in [3.05, 3.63) is 108 Å². The monoisotopic (exact) mass is 437 g/mol. The summed E-state index contributed by atoms with van der Waals surface area (Å²) in [5.74, 6) is -0.586. The van der Waals surface area contributed by atoms with E-state index >= 15 is 0 Å². The highest BCUT2D eigenvalue weighted by Gasteiger charge is 2.52. The summed E-state index contributed by atoms with van der Waals surface area (Å²) in [6.45, 7) is 4.94. The SMILES string of the molecule is C=C1C[C@@H]2CC=CC=C(C2=O)[C@@](C(=O)OC)(c2cn(Cc3ccccc3)c3ccccc23)C1. The zero-order valence-corrected chi connectivity index (χ0v) is 18.8. The van der Waals surface area contributed by atoms with E-state index in [9.17, 15) is 9.59 Å². The van der Waals surface area contributed by atoms with E-state index in [2.05, 4.69) is 29.3 Å². The Kier molecular flexibility index (Phi) is 5.37. The lowest BCUT2D eigenvalue weighted by Crippen LogP contribution is -2.41. The third kappa shape index (κ3) is 3.46. The molecule has 4 heteroatoms. The first-order valence-electron chi connectivity index (χ1n) is 11.3. The molecule has 0 amide bonds. The average Bonchev–Trinajstić information content (AvgIpc) is 3.04. The highest BCUT2D eigenvalue weighted by atomic mass is 16.5. The molecule has 2 aliphatic rings. The molecule has 33 heavy (non-hydrogen) atoms. The van der Waals surface area contributed by atoms with Gasteiger partial charge < -0.3 is 9.30 Å². The molecule has 1 heterocycles. The van der Waals surface area contributed by atoms with Gasteiger partial charge in [-0.15, -0.1) is 0 Å². The molecule has 5 rings (SSSR count). The second-order valence-corrected chi connectivity index (χ2v) is 9.01. The van der Waals surface area contributed by atoms with E-state index in [1.54, 1.807) is 0 Å². The van der Waals surface area contributed by atoms with Gasteiger partial charge in [-0.25, -0.2) is 0 Å². The van der Waals surface area contributed by atoms with Gasteiger partial charge in [-0.2, -0.15) is 0 Å². The normalized spacial score (nSPS) is 22.6. The molecule has 0 spiro atoms. The van der Waals surface area contributed by atoms with Crippen LogP contribution in [0, 0.1) is 5.92 Å². The van der Waals surface area contributed by atoms with Crippen LogP contribution in [0.1, 0.15) is 30.4 Å². The third-order valence-corrected chi connectivity index (χ3v) is 6.94. The zero-order valence-electron chi connectivity index (χ0n) is 18.8. The molecule has 1 fully saturated rings. The number of esters is 1. The molecule has 2 aromatic carbocycles. The van der Waals surface area contributed by atoms with Gasteiger partial charge in [-0.3, -0.25) is 9.59 Å². The van der Waals surface area contributed by atoms with Crippen LogP contribution in [-0.4, -0.2) is 23.4 Å². The van der Waals surface area contributed by atoms with Crippen molar-refractivity contribution in [2.75, 3.05) is 7.11 Å². The Hall–Kier alpha value is -3.66. The summed E-state index contributed by atoms with van der Waals surface area (Å²) in [5, 5.41) is 0.951. The number of carbonyl (C=O) groups excluding carboxylic acids is 2. The molecule has 1 saturated carbocycles. The Bertz CT molecular complexity index is 1310. The Balaban J connectivity index is 1.78. The predicted molar refractivity (Wildman–Crippen MR) is 130 cm³/mol. The van der Waals surface area contributed by atoms with Crippen LogP contribution in [-0.2, 0) is 26.3 Å². The number of carbonyl (C=O) groups is 2. The Morgan fingerprint density at radius 3 is 2.70 bits per heavy atom. The van der Waals surface area contributed by atoms with Crippen LogP contribution in [0.15, 0.2) is 96.7 Å². The Morgan fingerprint density at radius 2 is 1.91 bits per heavy atom. The van der Waals surface area contributed by atoms with Crippen molar-refractivity contribution in [3.8, 4) is 0 Å². The molecule has 2 atom stereocenters. The van der Waals surface area contributed by atoms with Crippen LogP contribution < -0.4 is 0 Å². The van der Waals surface area contributed by atoms with E-state index in [1.165, 1.54) is 7.11 Å². The minimum atomic E-state index is -1.23. The molecule has 0 unspecified atom stereocenters. The fraction of sp³-hybridized carbons (Fsp3) is 0.241. The van der Waals surface area contributed by atoms with Gasteiger partial charge in [-0.05, 0) is 36.5 Å². The molecule has 0 saturated heterocycles. The number of nitrogens with zero attached hydrogens (tertiary/aromatic N) is 1. The quantitative estimate of drug-likeness (QED) is 0.399. The molecule has 0 aliphatic heterocycles. The first-order valence-corrected chi connectivity index (χ1v) is 11.3. The topological polar surface area (TPSA) is 48.3 Å². The second kappa shape index (κ2) is 8.36. The van der Waals surface area contributed by atoms with Crippen molar-refractivity contribution >= 4 is 22.7 Å². The number of hydrogen-bond acceptors (Lipinski definition) is 3. The smallest absolute Gasteiger partial charge is 0.321 e. The number of hydrogen-bond donors (Lipinski definition) is 0. The maximum absolute atomic E-state index is 13.7. The third-order valence-electron chi connectivity index (χ3n) is 6.94. The number of rotatable bonds is 4. The van der Waals surface area contributed by atoms with Gasteiger partial charge in [0.15, 0.2) is 5.78 Å². The van der Waals surface area contributed by atoms with Crippen molar-refractivity contribution in [2.24, 2.45) is 5.92 Å². The highest BCUT2D eigenvalue weighted by Crippen LogP contribution is 2.48. The summed E-state index contributed by atoms with van der Waals surface area (Å²) in [4.78, 5) is 27.3. The van der Waals surface area contributed by atoms with Crippen LogP contribution in [0.5, 0.6) is 0 Å². The fourth-order valence-corrected chi connectivity index (χ4v) is 5.44. The molecular formula is C29H27NO3. The van der Waals surface area contributed by atoms with Gasteiger partial charge in [0.2, 0.25) is 0 Å². The first-order chi connectivity index (χ1) is 16.0. The summed E-state index contributed by atoms with van der Waals surface area (Å²) in [5.41, 5.74) is 3.16. The number of aromatic nitrogens is 1. The van der Waals surface area contributed by atoms with E-state index in [0.29, 0.717) is 31.4 Å². The number of allylic oxidation sites excluding steroid dienone is 4. The number of para-hydroxylation sites is 1. The van der Waals surface area contributed by atoms with Crippen LogP contribution in [0.3, 0.4) is 0 Å². The van der Waals surface area contributed by atoms with Gasteiger partial charge >= 0.3 is 5.97 Å². The van der Waals surface area contributed by atoms with E-state index < -0.39 is 11.4 Å². The van der Waals surface area contributed by atoms with Crippen molar-refractivity contribution in [3.63, 3.8) is 0 Å². The van der Waals surface area contributed by atoms with Crippen molar-refractivity contribution in [1.29, 1.82) is 0 Å². The second-order valence-electron chi connectivity index (χ2n) is 9.01. The van der Waals surface area contributed by atoms with Crippen LogP contribution >= 0.6 is 0 Å². The predicted octanol–water partition coefficient (Wildman–Crippen LogP) is 5.52. The molecule has 1 aromatic heterocycles. The lowest BCUT2D eigenvalue weighted by Gasteiger charge is -2.32. The van der Waals surface area contributed by atoms with Crippen molar-refractivity contribution < 1.29 is 14.3 Å². The Labute approximate surface area is 193 Å². The molecule has 2 bridgehead atoms. The van der Waals surface area contributed by atoms with E-state index in [0.717, 1.165) is 27.6 Å². The first kappa shape index (κ1) is 21.2. The van der Waals surface area contributed by atoms with Gasteiger partial charge in [0.1, 0.15) is 5.41 Å². The van der Waals surface area contributed by atoms with Gasteiger partial charge in [0.25, 0.3) is 0 Å². The number of ketones is 1. The van der Waals surface area contributed by atoms with Crippen molar-refractivity contribution in [2.45, 2.75) is 31.2 Å². The van der Waals surface area contributed by atoms with E-state index in [4.69, 9.17) is 4.74 Å². The average molecular weight is 438 g/mol. The van der Waals surface area contributed by atoms with Crippen LogP contribution in [0.4, 0.5) is 0 Å². The maximum atomic E-state index is 13.7. The van der Waals surface area contributed by atoms with Crippen LogP contribution in [0.2, 0.25) is 0 Å². The lowest BCUT2D eigenvalue weighted by molar-refractivity contribution is -0.146. The molecule has 166 valence electrons. The van der Waals surface area contributed by atoms with E-state index in [1.807, 2.05) is 60.8 Å². The van der Waals surface area contributed by atoms with Gasteiger partial charge in [0.05, 0.1) is 7.11 Å². The molecule has 4 nitrogen and oxygen atoms in total. The zero-order chi connectivity index (χ0) is 23.0. The number of ether oxygens (including phenoxy) is 1. The minimum Gasteiger partial charge on any atom is -0.468 e. The highest BCUT2D eigenvalue weighted by molar-refractivity contribution is 6.10. The van der Waals surface area contributed by atoms with Crippen molar-refractivity contribution in [1.82, 2.24) is 4.57 Å². The molecular weight excluding hydrogens is 410 g/mol. The number of fused-ring (bicyclic) bond motifs is 3. The summed E-state index contributed by atoms with van der Waals surface area (Å²) in [6, 6.07) is 18.3. The standard InChI is InChI=1S/C29H27NO3/c1-20-16-22-12-6-8-14-24(27(22)31)29(17-20,28(32)33-2)25-19-30(18-21-10-4-3-5-11-21)26-15-9-7-13-23(25)26/h3-11,13-15,19,22H,1,12,16-18H2,2H3/t22-,29+/m0/s1. The summed E-state index contributed by atoms with van der Waals surface area (Å²) in [6.07, 6.45) is 9.37. The van der Waals surface area contributed by atoms with E-state index in [-0.39, 0.29) is 11.7 Å². The van der Waals surface area contributed by atoms with Gasteiger partial charge in [0, 0.05) is 35.1 Å². The molecule has 0 radical (unpaired) electrons. The largest absolute Gasteiger partial charge is 0.468 e.